The Kier molecular flexibility index (Phi) is 5.41. The highest BCUT2D eigenvalue weighted by Gasteiger charge is 2.29. The molecule has 1 aliphatic heterocycles. The van der Waals surface area contributed by atoms with Gasteiger partial charge >= 0.3 is 0 Å². The number of rotatable bonds is 5. The van der Waals surface area contributed by atoms with Crippen LogP contribution in [-0.4, -0.2) is 56.2 Å². The van der Waals surface area contributed by atoms with Crippen LogP contribution in [0.2, 0.25) is 0 Å². The van der Waals surface area contributed by atoms with E-state index in [1.54, 1.807) is 0 Å². The van der Waals surface area contributed by atoms with Gasteiger partial charge in [0.2, 0.25) is 0 Å². The molecule has 0 radical (unpaired) electrons. The SMILES string of the molecule is CCC(CC)(CO)CN1CCCS(=O)(=O)CC1. The van der Waals surface area contributed by atoms with Crippen LogP contribution in [0.25, 0.3) is 0 Å². The fourth-order valence-electron chi connectivity index (χ4n) is 2.37. The van der Waals surface area contributed by atoms with Gasteiger partial charge in [-0.25, -0.2) is 8.42 Å². The van der Waals surface area contributed by atoms with E-state index in [9.17, 15) is 13.5 Å². The number of hydrogen-bond donors (Lipinski definition) is 1. The topological polar surface area (TPSA) is 57.6 Å². The molecule has 0 atom stereocenters. The van der Waals surface area contributed by atoms with E-state index >= 15 is 0 Å². The van der Waals surface area contributed by atoms with Crippen molar-refractivity contribution in [3.8, 4) is 0 Å². The highest BCUT2D eigenvalue weighted by Crippen LogP contribution is 2.27. The van der Waals surface area contributed by atoms with E-state index in [2.05, 4.69) is 18.7 Å². The van der Waals surface area contributed by atoms with Gasteiger partial charge in [0, 0.05) is 25.1 Å². The molecule has 1 rings (SSSR count). The molecule has 0 bridgehead atoms. The average molecular weight is 263 g/mol. The molecular formula is C12H25NO3S. The molecule has 1 heterocycles. The molecule has 0 amide bonds. The smallest absolute Gasteiger partial charge is 0.151 e. The molecule has 1 N–H and O–H groups in total. The molecule has 102 valence electrons. The summed E-state index contributed by atoms with van der Waals surface area (Å²) in [7, 11) is -2.83. The van der Waals surface area contributed by atoms with Crippen molar-refractivity contribution in [2.24, 2.45) is 5.41 Å². The molecule has 0 aromatic carbocycles. The van der Waals surface area contributed by atoms with Gasteiger partial charge < -0.3 is 10.0 Å². The standard InChI is InChI=1S/C12H25NO3S/c1-3-12(4-2,11-14)10-13-6-5-8-17(15,16)9-7-13/h14H,3-11H2,1-2H3. The summed E-state index contributed by atoms with van der Waals surface area (Å²) in [4.78, 5) is 2.20. The molecule has 5 heteroatoms. The van der Waals surface area contributed by atoms with Crippen LogP contribution in [0.5, 0.6) is 0 Å². The number of hydrogen-bond acceptors (Lipinski definition) is 4. The molecule has 17 heavy (non-hydrogen) atoms. The predicted octanol–water partition coefficient (Wildman–Crippen LogP) is 0.906. The van der Waals surface area contributed by atoms with Crippen LogP contribution in [0.1, 0.15) is 33.1 Å². The number of aliphatic hydroxyl groups excluding tert-OH is 1. The lowest BCUT2D eigenvalue weighted by Gasteiger charge is -2.35. The molecule has 0 aromatic heterocycles. The first kappa shape index (κ1) is 14.9. The van der Waals surface area contributed by atoms with Crippen molar-refractivity contribution in [1.29, 1.82) is 0 Å². The molecule has 0 saturated carbocycles. The summed E-state index contributed by atoms with van der Waals surface area (Å²) in [6, 6.07) is 0. The van der Waals surface area contributed by atoms with Gasteiger partial charge in [0.25, 0.3) is 0 Å². The first-order valence-corrected chi connectivity index (χ1v) is 8.33. The van der Waals surface area contributed by atoms with E-state index in [0.29, 0.717) is 12.3 Å². The van der Waals surface area contributed by atoms with Crippen molar-refractivity contribution >= 4 is 9.84 Å². The minimum atomic E-state index is -2.83. The van der Waals surface area contributed by atoms with Crippen molar-refractivity contribution in [2.45, 2.75) is 33.1 Å². The van der Waals surface area contributed by atoms with Gasteiger partial charge in [-0.2, -0.15) is 0 Å². The Morgan fingerprint density at radius 2 is 1.82 bits per heavy atom. The van der Waals surface area contributed by atoms with Gasteiger partial charge in [0.15, 0.2) is 9.84 Å². The fraction of sp³-hybridized carbons (Fsp3) is 1.00. The van der Waals surface area contributed by atoms with Crippen molar-refractivity contribution in [1.82, 2.24) is 4.90 Å². The van der Waals surface area contributed by atoms with Crippen LogP contribution >= 0.6 is 0 Å². The Morgan fingerprint density at radius 1 is 1.18 bits per heavy atom. The summed E-state index contributed by atoms with van der Waals surface area (Å²) in [6.45, 7) is 6.63. The Hall–Kier alpha value is -0.130. The Bertz CT molecular complexity index is 314. The Balaban J connectivity index is 2.62. The second-order valence-corrected chi connectivity index (χ2v) is 7.45. The van der Waals surface area contributed by atoms with Gasteiger partial charge in [-0.15, -0.1) is 0 Å². The zero-order valence-electron chi connectivity index (χ0n) is 11.0. The Labute approximate surface area is 105 Å². The van der Waals surface area contributed by atoms with Gasteiger partial charge in [0.05, 0.1) is 11.5 Å². The van der Waals surface area contributed by atoms with Crippen molar-refractivity contribution in [2.75, 3.05) is 37.7 Å². The molecule has 0 spiro atoms. The first-order valence-electron chi connectivity index (χ1n) is 6.50. The molecule has 1 fully saturated rings. The molecule has 0 aromatic rings. The molecule has 0 unspecified atom stereocenters. The van der Waals surface area contributed by atoms with Crippen molar-refractivity contribution in [3.05, 3.63) is 0 Å². The minimum absolute atomic E-state index is 0.0614. The fourth-order valence-corrected chi connectivity index (χ4v) is 3.68. The predicted molar refractivity (Wildman–Crippen MR) is 69.8 cm³/mol. The monoisotopic (exact) mass is 263 g/mol. The largest absolute Gasteiger partial charge is 0.396 e. The van der Waals surface area contributed by atoms with E-state index in [0.717, 1.165) is 32.4 Å². The lowest BCUT2D eigenvalue weighted by Crippen LogP contribution is -2.41. The van der Waals surface area contributed by atoms with Gasteiger partial charge in [0.1, 0.15) is 0 Å². The molecule has 1 aliphatic rings. The third-order valence-electron chi connectivity index (χ3n) is 4.04. The molecule has 4 nitrogen and oxygen atoms in total. The third kappa shape index (κ3) is 4.23. The van der Waals surface area contributed by atoms with Crippen LogP contribution in [0, 0.1) is 5.41 Å². The number of nitrogens with zero attached hydrogens (tertiary/aromatic N) is 1. The van der Waals surface area contributed by atoms with E-state index in [1.807, 2.05) is 0 Å². The average Bonchev–Trinajstić information content (AvgIpc) is 2.48. The van der Waals surface area contributed by atoms with Crippen LogP contribution in [0.4, 0.5) is 0 Å². The normalized spacial score (nSPS) is 22.3. The molecular weight excluding hydrogens is 238 g/mol. The third-order valence-corrected chi connectivity index (χ3v) is 5.76. The summed E-state index contributed by atoms with van der Waals surface area (Å²) in [5, 5.41) is 9.54. The second kappa shape index (κ2) is 6.16. The van der Waals surface area contributed by atoms with Gasteiger partial charge in [-0.1, -0.05) is 13.8 Å². The summed E-state index contributed by atoms with van der Waals surface area (Å²) < 4.78 is 23.0. The van der Waals surface area contributed by atoms with Crippen molar-refractivity contribution in [3.63, 3.8) is 0 Å². The number of aliphatic hydroxyl groups is 1. The van der Waals surface area contributed by atoms with E-state index in [-0.39, 0.29) is 17.8 Å². The molecule has 0 aliphatic carbocycles. The highest BCUT2D eigenvalue weighted by molar-refractivity contribution is 7.91. The zero-order chi connectivity index (χ0) is 12.9. The van der Waals surface area contributed by atoms with Gasteiger partial charge in [-0.05, 0) is 25.8 Å². The van der Waals surface area contributed by atoms with Gasteiger partial charge in [-0.3, -0.25) is 0 Å². The van der Waals surface area contributed by atoms with Crippen LogP contribution < -0.4 is 0 Å². The number of sulfone groups is 1. The summed E-state index contributed by atoms with van der Waals surface area (Å²) in [6.07, 6.45) is 2.59. The second-order valence-electron chi connectivity index (χ2n) is 5.15. The lowest BCUT2D eigenvalue weighted by atomic mass is 9.82. The first-order chi connectivity index (χ1) is 7.97. The zero-order valence-corrected chi connectivity index (χ0v) is 11.8. The van der Waals surface area contributed by atoms with E-state index in [4.69, 9.17) is 0 Å². The van der Waals surface area contributed by atoms with Crippen molar-refractivity contribution < 1.29 is 13.5 Å². The summed E-state index contributed by atoms with van der Waals surface area (Å²) >= 11 is 0. The van der Waals surface area contributed by atoms with Crippen LogP contribution in [-0.2, 0) is 9.84 Å². The minimum Gasteiger partial charge on any atom is -0.396 e. The maximum atomic E-state index is 11.5. The Morgan fingerprint density at radius 3 is 2.35 bits per heavy atom. The molecule has 1 saturated heterocycles. The summed E-state index contributed by atoms with van der Waals surface area (Å²) in [5.41, 5.74) is -0.0614. The lowest BCUT2D eigenvalue weighted by molar-refractivity contribution is 0.0687. The van der Waals surface area contributed by atoms with Crippen LogP contribution in [0.3, 0.4) is 0 Å². The maximum absolute atomic E-state index is 11.5. The quantitative estimate of drug-likeness (QED) is 0.801. The highest BCUT2D eigenvalue weighted by atomic mass is 32.2. The van der Waals surface area contributed by atoms with E-state index in [1.165, 1.54) is 0 Å². The van der Waals surface area contributed by atoms with Crippen LogP contribution in [0.15, 0.2) is 0 Å². The maximum Gasteiger partial charge on any atom is 0.151 e. The summed E-state index contributed by atoms with van der Waals surface area (Å²) in [5.74, 6) is 0.579. The van der Waals surface area contributed by atoms with E-state index < -0.39 is 9.84 Å².